The van der Waals surface area contributed by atoms with Gasteiger partial charge in [-0.25, -0.2) is 0 Å². The minimum atomic E-state index is -1.54. The van der Waals surface area contributed by atoms with Crippen molar-refractivity contribution in [1.29, 1.82) is 0 Å². The fraction of sp³-hybridized carbons (Fsp3) is 0.667. The van der Waals surface area contributed by atoms with Gasteiger partial charge in [-0.3, -0.25) is 14.4 Å². The molecule has 0 bridgehead atoms. The highest BCUT2D eigenvalue weighted by Crippen LogP contribution is 2.19. The second-order valence-electron chi connectivity index (χ2n) is 4.07. The Balaban J connectivity index is 4.62. The molecule has 0 aliphatic rings. The highest BCUT2D eigenvalue weighted by atomic mass is 16.4. The SMILES string of the molecule is NC(CC(=O)O)CC(N)(CC(=O)O)CC(=O)O. The van der Waals surface area contributed by atoms with Crippen molar-refractivity contribution in [3.8, 4) is 0 Å². The van der Waals surface area contributed by atoms with Crippen molar-refractivity contribution < 1.29 is 29.7 Å². The number of hydrogen-bond acceptors (Lipinski definition) is 5. The summed E-state index contributed by atoms with van der Waals surface area (Å²) in [6.07, 6.45) is -1.73. The number of carboxylic acids is 3. The molecule has 0 rings (SSSR count). The van der Waals surface area contributed by atoms with Crippen LogP contribution in [0.25, 0.3) is 0 Å². The van der Waals surface area contributed by atoms with Gasteiger partial charge in [-0.2, -0.15) is 0 Å². The van der Waals surface area contributed by atoms with Crippen LogP contribution in [0.1, 0.15) is 25.7 Å². The Labute approximate surface area is 97.2 Å². The summed E-state index contributed by atoms with van der Waals surface area (Å²) < 4.78 is 0. The number of carbonyl (C=O) groups is 3. The fourth-order valence-corrected chi connectivity index (χ4v) is 1.63. The summed E-state index contributed by atoms with van der Waals surface area (Å²) in [4.78, 5) is 31.5. The maximum Gasteiger partial charge on any atom is 0.305 e. The third-order valence-electron chi connectivity index (χ3n) is 2.11. The van der Waals surface area contributed by atoms with Crippen molar-refractivity contribution in [2.45, 2.75) is 37.3 Å². The van der Waals surface area contributed by atoms with E-state index in [4.69, 9.17) is 26.8 Å². The van der Waals surface area contributed by atoms with Gasteiger partial charge in [0.25, 0.3) is 0 Å². The molecule has 17 heavy (non-hydrogen) atoms. The molecule has 1 atom stereocenters. The summed E-state index contributed by atoms with van der Waals surface area (Å²) in [7, 11) is 0. The van der Waals surface area contributed by atoms with Gasteiger partial charge in [-0.05, 0) is 6.42 Å². The number of nitrogens with two attached hydrogens (primary N) is 2. The lowest BCUT2D eigenvalue weighted by molar-refractivity contribution is -0.141. The van der Waals surface area contributed by atoms with Crippen LogP contribution in [0.5, 0.6) is 0 Å². The second kappa shape index (κ2) is 6.16. The Morgan fingerprint density at radius 3 is 1.71 bits per heavy atom. The Morgan fingerprint density at radius 1 is 1.00 bits per heavy atom. The van der Waals surface area contributed by atoms with Crippen molar-refractivity contribution in [1.82, 2.24) is 0 Å². The first-order valence-corrected chi connectivity index (χ1v) is 4.84. The zero-order valence-corrected chi connectivity index (χ0v) is 9.13. The van der Waals surface area contributed by atoms with Crippen molar-refractivity contribution in [3.63, 3.8) is 0 Å². The average molecular weight is 248 g/mol. The zero-order chi connectivity index (χ0) is 13.6. The molecule has 8 nitrogen and oxygen atoms in total. The van der Waals surface area contributed by atoms with E-state index in [1.54, 1.807) is 0 Å². The van der Waals surface area contributed by atoms with Crippen molar-refractivity contribution in [3.05, 3.63) is 0 Å². The third-order valence-corrected chi connectivity index (χ3v) is 2.11. The third kappa shape index (κ3) is 7.25. The second-order valence-corrected chi connectivity index (χ2v) is 4.07. The largest absolute Gasteiger partial charge is 0.481 e. The lowest BCUT2D eigenvalue weighted by atomic mass is 9.85. The minimum absolute atomic E-state index is 0.183. The highest BCUT2D eigenvalue weighted by Gasteiger charge is 2.33. The van der Waals surface area contributed by atoms with Crippen LogP contribution in [0.15, 0.2) is 0 Å². The van der Waals surface area contributed by atoms with Gasteiger partial charge in [0.05, 0.1) is 19.3 Å². The van der Waals surface area contributed by atoms with Gasteiger partial charge in [0.1, 0.15) is 0 Å². The number of aliphatic carboxylic acids is 3. The van der Waals surface area contributed by atoms with E-state index < -0.39 is 48.8 Å². The van der Waals surface area contributed by atoms with E-state index in [-0.39, 0.29) is 6.42 Å². The van der Waals surface area contributed by atoms with Crippen LogP contribution in [-0.4, -0.2) is 44.8 Å². The van der Waals surface area contributed by atoms with Crippen molar-refractivity contribution >= 4 is 17.9 Å². The summed E-state index contributed by atoms with van der Waals surface area (Å²) >= 11 is 0. The quantitative estimate of drug-likeness (QED) is 0.358. The van der Waals surface area contributed by atoms with E-state index in [1.807, 2.05) is 0 Å². The molecular weight excluding hydrogens is 232 g/mol. The van der Waals surface area contributed by atoms with E-state index in [1.165, 1.54) is 0 Å². The summed E-state index contributed by atoms with van der Waals surface area (Å²) in [5, 5.41) is 25.7. The van der Waals surface area contributed by atoms with E-state index in [0.29, 0.717) is 0 Å². The molecule has 0 heterocycles. The van der Waals surface area contributed by atoms with Crippen LogP contribution < -0.4 is 11.5 Å². The standard InChI is InChI=1S/C9H16N2O6/c10-5(1-6(12)13)2-9(11,3-7(14)15)4-8(16)17/h5H,1-4,10-11H2,(H,12,13)(H,14,15)(H,16,17). The number of carboxylic acid groups (broad SMARTS) is 3. The van der Waals surface area contributed by atoms with Gasteiger partial charge in [0, 0.05) is 11.6 Å². The first-order valence-electron chi connectivity index (χ1n) is 4.84. The lowest BCUT2D eigenvalue weighted by Crippen LogP contribution is -2.48. The van der Waals surface area contributed by atoms with Gasteiger partial charge < -0.3 is 26.8 Å². The zero-order valence-electron chi connectivity index (χ0n) is 9.13. The molecule has 7 N–H and O–H groups in total. The predicted molar refractivity (Wildman–Crippen MR) is 56.3 cm³/mol. The van der Waals surface area contributed by atoms with Crippen LogP contribution in [0.3, 0.4) is 0 Å². The Bertz CT molecular complexity index is 301. The molecule has 0 aromatic carbocycles. The molecule has 0 saturated heterocycles. The van der Waals surface area contributed by atoms with E-state index >= 15 is 0 Å². The van der Waals surface area contributed by atoms with E-state index in [2.05, 4.69) is 0 Å². The molecule has 0 aromatic rings. The fourth-order valence-electron chi connectivity index (χ4n) is 1.63. The molecule has 0 saturated carbocycles. The molecule has 0 amide bonds. The van der Waals surface area contributed by atoms with E-state index in [0.717, 1.165) is 0 Å². The van der Waals surface area contributed by atoms with Gasteiger partial charge in [-0.1, -0.05) is 0 Å². The Morgan fingerprint density at radius 2 is 1.41 bits per heavy atom. The molecule has 0 radical (unpaired) electrons. The summed E-state index contributed by atoms with van der Waals surface area (Å²) in [6, 6.07) is -0.879. The molecule has 98 valence electrons. The first-order chi connectivity index (χ1) is 7.64. The normalized spacial score (nSPS) is 13.1. The molecule has 0 aliphatic heterocycles. The van der Waals surface area contributed by atoms with Crippen LogP contribution >= 0.6 is 0 Å². The maximum atomic E-state index is 10.6. The molecule has 0 aromatic heterocycles. The van der Waals surface area contributed by atoms with Crippen LogP contribution in [-0.2, 0) is 14.4 Å². The predicted octanol–water partition coefficient (Wildman–Crippen LogP) is -1.17. The molecular formula is C9H16N2O6. The molecule has 0 aliphatic carbocycles. The first kappa shape index (κ1) is 15.3. The van der Waals surface area contributed by atoms with Crippen molar-refractivity contribution in [2.24, 2.45) is 11.5 Å². The van der Waals surface area contributed by atoms with Crippen LogP contribution in [0, 0.1) is 0 Å². The average Bonchev–Trinajstić information content (AvgIpc) is 1.95. The Kier molecular flexibility index (Phi) is 5.56. The van der Waals surface area contributed by atoms with Gasteiger partial charge in [-0.15, -0.1) is 0 Å². The molecule has 1 unspecified atom stereocenters. The summed E-state index contributed by atoms with van der Waals surface area (Å²) in [5.41, 5.74) is 9.57. The van der Waals surface area contributed by atoms with Crippen LogP contribution in [0.4, 0.5) is 0 Å². The Hall–Kier alpha value is -1.67. The van der Waals surface area contributed by atoms with Crippen LogP contribution in [0.2, 0.25) is 0 Å². The monoisotopic (exact) mass is 248 g/mol. The van der Waals surface area contributed by atoms with E-state index in [9.17, 15) is 14.4 Å². The molecule has 8 heteroatoms. The smallest absolute Gasteiger partial charge is 0.305 e. The topological polar surface area (TPSA) is 164 Å². The minimum Gasteiger partial charge on any atom is -0.481 e. The van der Waals surface area contributed by atoms with Gasteiger partial charge in [0.2, 0.25) is 0 Å². The highest BCUT2D eigenvalue weighted by molar-refractivity contribution is 5.73. The van der Waals surface area contributed by atoms with Gasteiger partial charge >= 0.3 is 17.9 Å². The number of rotatable bonds is 8. The summed E-state index contributed by atoms with van der Waals surface area (Å²) in [5.74, 6) is -3.65. The number of hydrogen-bond donors (Lipinski definition) is 5. The van der Waals surface area contributed by atoms with Gasteiger partial charge in [0.15, 0.2) is 0 Å². The molecule has 0 spiro atoms. The maximum absolute atomic E-state index is 10.6. The lowest BCUT2D eigenvalue weighted by Gasteiger charge is -2.28. The van der Waals surface area contributed by atoms with Crippen molar-refractivity contribution in [2.75, 3.05) is 0 Å². The summed E-state index contributed by atoms with van der Waals surface area (Å²) in [6.45, 7) is 0. The molecule has 0 fully saturated rings.